The van der Waals surface area contributed by atoms with Gasteiger partial charge in [-0.05, 0) is 31.1 Å². The van der Waals surface area contributed by atoms with E-state index in [-0.39, 0.29) is 31.3 Å². The molecular formula is C13H24F2O2. The van der Waals surface area contributed by atoms with Gasteiger partial charge in [-0.2, -0.15) is 0 Å². The fraction of sp³-hybridized carbons (Fsp3) is 1.00. The number of hydrogen-bond donors (Lipinski definition) is 1. The van der Waals surface area contributed by atoms with E-state index in [4.69, 9.17) is 4.74 Å². The number of methoxy groups -OCH3 is 1. The Hall–Kier alpha value is -0.220. The lowest BCUT2D eigenvalue weighted by Crippen LogP contribution is -2.43. The Morgan fingerprint density at radius 2 is 2.12 bits per heavy atom. The smallest absolute Gasteiger partial charge is 0.248 e. The Kier molecular flexibility index (Phi) is 4.90. The Morgan fingerprint density at radius 3 is 2.59 bits per heavy atom. The van der Waals surface area contributed by atoms with Crippen LogP contribution in [0.25, 0.3) is 0 Å². The zero-order valence-electron chi connectivity index (χ0n) is 11.0. The Balaban J connectivity index is 2.61. The van der Waals surface area contributed by atoms with Crippen molar-refractivity contribution in [1.29, 1.82) is 0 Å². The quantitative estimate of drug-likeness (QED) is 0.811. The van der Waals surface area contributed by atoms with Gasteiger partial charge in [0.1, 0.15) is 0 Å². The molecular weight excluding hydrogens is 226 g/mol. The molecule has 102 valence electrons. The first kappa shape index (κ1) is 14.8. The SMILES string of the molecule is COCC(O)(CC1CCCC(F)(F)C1)C(C)C. The Bertz CT molecular complexity index is 244. The van der Waals surface area contributed by atoms with Gasteiger partial charge in [-0.1, -0.05) is 13.8 Å². The summed E-state index contributed by atoms with van der Waals surface area (Å²) < 4.78 is 31.6. The van der Waals surface area contributed by atoms with E-state index in [1.165, 1.54) is 7.11 Å². The van der Waals surface area contributed by atoms with Gasteiger partial charge in [-0.3, -0.25) is 0 Å². The van der Waals surface area contributed by atoms with Crippen LogP contribution in [0.1, 0.15) is 46.0 Å². The molecule has 17 heavy (non-hydrogen) atoms. The predicted molar refractivity (Wildman–Crippen MR) is 63.2 cm³/mol. The van der Waals surface area contributed by atoms with Gasteiger partial charge in [0.2, 0.25) is 5.92 Å². The minimum Gasteiger partial charge on any atom is -0.387 e. The normalized spacial score (nSPS) is 28.1. The lowest BCUT2D eigenvalue weighted by molar-refractivity contribution is -0.104. The van der Waals surface area contributed by atoms with E-state index in [2.05, 4.69) is 0 Å². The molecule has 0 aliphatic heterocycles. The molecule has 2 unspecified atom stereocenters. The molecule has 0 radical (unpaired) electrons. The molecule has 0 aromatic rings. The van der Waals surface area contributed by atoms with Crippen molar-refractivity contribution in [1.82, 2.24) is 0 Å². The molecule has 1 saturated carbocycles. The summed E-state index contributed by atoms with van der Waals surface area (Å²) in [4.78, 5) is 0. The summed E-state index contributed by atoms with van der Waals surface area (Å²) in [6, 6.07) is 0. The maximum Gasteiger partial charge on any atom is 0.248 e. The summed E-state index contributed by atoms with van der Waals surface area (Å²) in [5, 5.41) is 10.4. The van der Waals surface area contributed by atoms with E-state index in [0.29, 0.717) is 12.8 Å². The number of rotatable bonds is 5. The molecule has 2 atom stereocenters. The zero-order chi connectivity index (χ0) is 13.1. The van der Waals surface area contributed by atoms with Gasteiger partial charge < -0.3 is 9.84 Å². The predicted octanol–water partition coefficient (Wildman–Crippen LogP) is 3.24. The molecule has 1 aliphatic carbocycles. The topological polar surface area (TPSA) is 29.5 Å². The number of ether oxygens (including phenoxy) is 1. The second-order valence-electron chi connectivity index (χ2n) is 5.71. The average Bonchev–Trinajstić information content (AvgIpc) is 2.15. The van der Waals surface area contributed by atoms with Crippen LogP contribution in [0.15, 0.2) is 0 Å². The molecule has 2 nitrogen and oxygen atoms in total. The summed E-state index contributed by atoms with van der Waals surface area (Å²) in [7, 11) is 1.53. The summed E-state index contributed by atoms with van der Waals surface area (Å²) in [5.74, 6) is -2.63. The van der Waals surface area contributed by atoms with Crippen LogP contribution >= 0.6 is 0 Å². The largest absolute Gasteiger partial charge is 0.387 e. The summed E-state index contributed by atoms with van der Waals surface area (Å²) in [6.45, 7) is 4.02. The fourth-order valence-electron chi connectivity index (χ4n) is 2.66. The second kappa shape index (κ2) is 5.61. The van der Waals surface area contributed by atoms with Crippen molar-refractivity contribution in [2.24, 2.45) is 11.8 Å². The van der Waals surface area contributed by atoms with Gasteiger partial charge >= 0.3 is 0 Å². The fourth-order valence-corrected chi connectivity index (χ4v) is 2.66. The molecule has 1 aliphatic rings. The third kappa shape index (κ3) is 4.18. The maximum atomic E-state index is 13.3. The van der Waals surface area contributed by atoms with Crippen molar-refractivity contribution < 1.29 is 18.6 Å². The summed E-state index contributed by atoms with van der Waals surface area (Å²) in [5.41, 5.74) is -0.979. The monoisotopic (exact) mass is 250 g/mol. The van der Waals surface area contributed by atoms with Crippen LogP contribution in [0.5, 0.6) is 0 Å². The molecule has 4 heteroatoms. The minimum absolute atomic E-state index is 0.00607. The molecule has 1 N–H and O–H groups in total. The number of halogens is 2. The van der Waals surface area contributed by atoms with E-state index in [9.17, 15) is 13.9 Å². The van der Waals surface area contributed by atoms with Crippen molar-refractivity contribution in [2.75, 3.05) is 13.7 Å². The zero-order valence-corrected chi connectivity index (χ0v) is 11.0. The molecule has 0 amide bonds. The molecule has 1 fully saturated rings. The van der Waals surface area contributed by atoms with Crippen LogP contribution in [-0.4, -0.2) is 30.3 Å². The maximum absolute atomic E-state index is 13.3. The van der Waals surface area contributed by atoms with Crippen molar-refractivity contribution in [3.05, 3.63) is 0 Å². The van der Waals surface area contributed by atoms with Crippen molar-refractivity contribution >= 4 is 0 Å². The van der Waals surface area contributed by atoms with Crippen LogP contribution in [0.4, 0.5) is 8.78 Å². The van der Waals surface area contributed by atoms with Gasteiger partial charge in [-0.25, -0.2) is 8.78 Å². The summed E-state index contributed by atoms with van der Waals surface area (Å²) >= 11 is 0. The molecule has 0 aromatic heterocycles. The first-order chi connectivity index (χ1) is 7.79. The summed E-state index contributed by atoms with van der Waals surface area (Å²) in [6.07, 6.45) is 1.65. The highest BCUT2D eigenvalue weighted by molar-refractivity contribution is 4.88. The molecule has 0 saturated heterocycles. The highest BCUT2D eigenvalue weighted by Crippen LogP contribution is 2.41. The van der Waals surface area contributed by atoms with E-state index >= 15 is 0 Å². The number of alkyl halides is 2. The Labute approximate surface area is 102 Å². The van der Waals surface area contributed by atoms with Crippen molar-refractivity contribution in [2.45, 2.75) is 57.5 Å². The highest BCUT2D eigenvalue weighted by atomic mass is 19.3. The number of aliphatic hydroxyl groups is 1. The van der Waals surface area contributed by atoms with Crippen LogP contribution in [0, 0.1) is 11.8 Å². The van der Waals surface area contributed by atoms with Gasteiger partial charge in [0.15, 0.2) is 0 Å². The van der Waals surface area contributed by atoms with Crippen LogP contribution < -0.4 is 0 Å². The Morgan fingerprint density at radius 1 is 1.47 bits per heavy atom. The van der Waals surface area contributed by atoms with Crippen LogP contribution in [0.2, 0.25) is 0 Å². The molecule has 0 bridgehead atoms. The standard InChI is InChI=1S/C13H24F2O2/c1-10(2)12(16,9-17-3)7-11-5-4-6-13(14,15)8-11/h10-11,16H,4-9H2,1-3H3. The highest BCUT2D eigenvalue weighted by Gasteiger charge is 2.41. The minimum atomic E-state index is -2.55. The molecule has 0 heterocycles. The first-order valence-electron chi connectivity index (χ1n) is 6.38. The van der Waals surface area contributed by atoms with Crippen LogP contribution in [0.3, 0.4) is 0 Å². The van der Waals surface area contributed by atoms with Gasteiger partial charge in [0.25, 0.3) is 0 Å². The molecule has 0 aromatic carbocycles. The van der Waals surface area contributed by atoms with E-state index in [0.717, 1.165) is 6.42 Å². The van der Waals surface area contributed by atoms with Gasteiger partial charge in [0.05, 0.1) is 12.2 Å². The third-order valence-electron chi connectivity index (χ3n) is 3.85. The van der Waals surface area contributed by atoms with E-state index in [1.807, 2.05) is 13.8 Å². The average molecular weight is 250 g/mol. The number of hydrogen-bond acceptors (Lipinski definition) is 2. The first-order valence-corrected chi connectivity index (χ1v) is 6.38. The van der Waals surface area contributed by atoms with Gasteiger partial charge in [-0.15, -0.1) is 0 Å². The van der Waals surface area contributed by atoms with E-state index in [1.54, 1.807) is 0 Å². The molecule has 1 rings (SSSR count). The lowest BCUT2D eigenvalue weighted by atomic mass is 9.76. The van der Waals surface area contributed by atoms with E-state index < -0.39 is 11.5 Å². The lowest BCUT2D eigenvalue weighted by Gasteiger charge is -2.38. The van der Waals surface area contributed by atoms with Crippen molar-refractivity contribution in [3.63, 3.8) is 0 Å². The van der Waals surface area contributed by atoms with Crippen molar-refractivity contribution in [3.8, 4) is 0 Å². The third-order valence-corrected chi connectivity index (χ3v) is 3.85. The second-order valence-corrected chi connectivity index (χ2v) is 5.71. The molecule has 0 spiro atoms. The van der Waals surface area contributed by atoms with Gasteiger partial charge in [0, 0.05) is 20.0 Å². The van der Waals surface area contributed by atoms with Crippen LogP contribution in [-0.2, 0) is 4.74 Å².